The molecule has 1 amide bonds. The quantitative estimate of drug-likeness (QED) is 0.861. The summed E-state index contributed by atoms with van der Waals surface area (Å²) in [6.45, 7) is 0.985. The average Bonchev–Trinajstić information content (AvgIpc) is 2.90. The molecule has 108 valence electrons. The van der Waals surface area contributed by atoms with Gasteiger partial charge in [-0.1, -0.05) is 25.0 Å². The van der Waals surface area contributed by atoms with Crippen LogP contribution < -0.4 is 10.5 Å². The molecule has 1 saturated carbocycles. The van der Waals surface area contributed by atoms with Crippen molar-refractivity contribution in [1.82, 2.24) is 4.90 Å². The molecule has 1 aromatic rings. The van der Waals surface area contributed by atoms with Gasteiger partial charge in [0.05, 0.1) is 5.69 Å². The summed E-state index contributed by atoms with van der Waals surface area (Å²) in [7, 11) is 0. The van der Waals surface area contributed by atoms with Crippen molar-refractivity contribution >= 4 is 11.6 Å². The van der Waals surface area contributed by atoms with Gasteiger partial charge in [0, 0.05) is 12.6 Å². The minimum absolute atomic E-state index is 0.0947. The summed E-state index contributed by atoms with van der Waals surface area (Å²) in [6, 6.07) is 7.76. The fourth-order valence-corrected chi connectivity index (χ4v) is 3.55. The van der Waals surface area contributed by atoms with Crippen LogP contribution in [0.1, 0.15) is 32.1 Å². The first kappa shape index (κ1) is 13.3. The number of likely N-dealkylation sites (tertiary alicyclic amines) is 1. The van der Waals surface area contributed by atoms with E-state index in [9.17, 15) is 4.79 Å². The van der Waals surface area contributed by atoms with Crippen LogP contribution >= 0.6 is 0 Å². The molecule has 2 atom stereocenters. The van der Waals surface area contributed by atoms with Gasteiger partial charge in [-0.15, -0.1) is 0 Å². The van der Waals surface area contributed by atoms with Gasteiger partial charge in [0.15, 0.2) is 6.61 Å². The summed E-state index contributed by atoms with van der Waals surface area (Å²) in [5, 5.41) is 0. The van der Waals surface area contributed by atoms with E-state index in [2.05, 4.69) is 0 Å². The lowest BCUT2D eigenvalue weighted by Crippen LogP contribution is -2.41. The number of amides is 1. The zero-order chi connectivity index (χ0) is 13.9. The average molecular weight is 274 g/mol. The van der Waals surface area contributed by atoms with Crippen molar-refractivity contribution in [2.24, 2.45) is 5.92 Å². The predicted molar refractivity (Wildman–Crippen MR) is 78.4 cm³/mol. The molecule has 1 aliphatic heterocycles. The molecular weight excluding hydrogens is 252 g/mol. The van der Waals surface area contributed by atoms with Crippen LogP contribution in [0, 0.1) is 5.92 Å². The lowest BCUT2D eigenvalue weighted by molar-refractivity contribution is -0.134. The van der Waals surface area contributed by atoms with E-state index in [1.807, 2.05) is 17.0 Å². The van der Waals surface area contributed by atoms with Crippen LogP contribution in [-0.4, -0.2) is 30.0 Å². The number of nitrogens with zero attached hydrogens (tertiary/aromatic N) is 1. The fraction of sp³-hybridized carbons (Fsp3) is 0.562. The van der Waals surface area contributed by atoms with Gasteiger partial charge in [-0.05, 0) is 37.3 Å². The van der Waals surface area contributed by atoms with E-state index in [4.69, 9.17) is 10.5 Å². The zero-order valence-electron chi connectivity index (χ0n) is 11.8. The van der Waals surface area contributed by atoms with E-state index in [0.717, 1.165) is 25.3 Å². The Labute approximate surface area is 119 Å². The third-order valence-corrected chi connectivity index (χ3v) is 4.60. The van der Waals surface area contributed by atoms with Crippen LogP contribution in [0.25, 0.3) is 0 Å². The Hall–Kier alpha value is -1.71. The topological polar surface area (TPSA) is 55.6 Å². The Kier molecular flexibility index (Phi) is 3.81. The van der Waals surface area contributed by atoms with Crippen molar-refractivity contribution in [3.8, 4) is 5.75 Å². The Bertz CT molecular complexity index is 489. The van der Waals surface area contributed by atoms with Gasteiger partial charge >= 0.3 is 0 Å². The number of ether oxygens (including phenoxy) is 1. The molecule has 2 unspecified atom stereocenters. The van der Waals surface area contributed by atoms with Crippen molar-refractivity contribution < 1.29 is 9.53 Å². The molecule has 2 fully saturated rings. The normalized spacial score (nSPS) is 25.3. The maximum absolute atomic E-state index is 12.3. The van der Waals surface area contributed by atoms with Gasteiger partial charge in [0.2, 0.25) is 0 Å². The molecule has 0 radical (unpaired) electrons. The number of para-hydroxylation sites is 2. The van der Waals surface area contributed by atoms with Gasteiger partial charge in [-0.3, -0.25) is 4.79 Å². The second-order valence-corrected chi connectivity index (χ2v) is 5.81. The molecule has 1 aliphatic carbocycles. The summed E-state index contributed by atoms with van der Waals surface area (Å²) in [5.74, 6) is 1.41. The summed E-state index contributed by atoms with van der Waals surface area (Å²) in [4.78, 5) is 14.4. The Morgan fingerprint density at radius 2 is 2.05 bits per heavy atom. The first-order chi connectivity index (χ1) is 9.75. The number of carbonyl (C=O) groups excluding carboxylic acids is 1. The number of fused-ring (bicyclic) bond motifs is 1. The van der Waals surface area contributed by atoms with Crippen LogP contribution in [0.3, 0.4) is 0 Å². The lowest BCUT2D eigenvalue weighted by Gasteiger charge is -2.31. The predicted octanol–water partition coefficient (Wildman–Crippen LogP) is 2.44. The minimum Gasteiger partial charge on any atom is -0.482 e. The first-order valence-corrected chi connectivity index (χ1v) is 7.52. The van der Waals surface area contributed by atoms with Crippen molar-refractivity contribution in [3.63, 3.8) is 0 Å². The summed E-state index contributed by atoms with van der Waals surface area (Å²) < 4.78 is 5.57. The molecule has 1 heterocycles. The maximum Gasteiger partial charge on any atom is 0.260 e. The number of rotatable bonds is 3. The number of anilines is 1. The lowest BCUT2D eigenvalue weighted by atomic mass is 9.85. The number of carbonyl (C=O) groups is 1. The summed E-state index contributed by atoms with van der Waals surface area (Å²) in [6.07, 6.45) is 6.16. The van der Waals surface area contributed by atoms with E-state index >= 15 is 0 Å². The smallest absolute Gasteiger partial charge is 0.260 e. The Balaban J connectivity index is 1.58. The van der Waals surface area contributed by atoms with Crippen molar-refractivity contribution in [1.29, 1.82) is 0 Å². The highest BCUT2D eigenvalue weighted by molar-refractivity contribution is 5.78. The third kappa shape index (κ3) is 2.60. The molecule has 20 heavy (non-hydrogen) atoms. The summed E-state index contributed by atoms with van der Waals surface area (Å²) >= 11 is 0. The first-order valence-electron chi connectivity index (χ1n) is 7.52. The summed E-state index contributed by atoms with van der Waals surface area (Å²) in [5.41, 5.74) is 6.40. The van der Waals surface area contributed by atoms with Crippen molar-refractivity contribution in [3.05, 3.63) is 24.3 Å². The number of hydrogen-bond acceptors (Lipinski definition) is 3. The van der Waals surface area contributed by atoms with Crippen LogP contribution in [-0.2, 0) is 4.79 Å². The second-order valence-electron chi connectivity index (χ2n) is 5.81. The number of hydrogen-bond donors (Lipinski definition) is 1. The number of benzene rings is 1. The van der Waals surface area contributed by atoms with Gasteiger partial charge in [0.25, 0.3) is 5.91 Å². The van der Waals surface area contributed by atoms with Gasteiger partial charge in [-0.2, -0.15) is 0 Å². The Morgan fingerprint density at radius 1 is 1.25 bits per heavy atom. The largest absolute Gasteiger partial charge is 0.482 e. The number of nitrogens with two attached hydrogens (primary N) is 1. The van der Waals surface area contributed by atoms with Crippen molar-refractivity contribution in [2.45, 2.75) is 38.1 Å². The molecule has 0 bridgehead atoms. The van der Waals surface area contributed by atoms with Crippen LogP contribution in [0.15, 0.2) is 24.3 Å². The highest BCUT2D eigenvalue weighted by atomic mass is 16.5. The molecule has 4 nitrogen and oxygen atoms in total. The molecule has 2 aliphatic rings. The molecule has 1 aromatic carbocycles. The molecule has 1 saturated heterocycles. The highest BCUT2D eigenvalue weighted by Crippen LogP contribution is 2.36. The molecule has 4 heteroatoms. The van der Waals surface area contributed by atoms with Crippen LogP contribution in [0.4, 0.5) is 5.69 Å². The maximum atomic E-state index is 12.3. The third-order valence-electron chi connectivity index (χ3n) is 4.60. The zero-order valence-corrected chi connectivity index (χ0v) is 11.8. The van der Waals surface area contributed by atoms with E-state index in [-0.39, 0.29) is 12.5 Å². The van der Waals surface area contributed by atoms with E-state index < -0.39 is 0 Å². The highest BCUT2D eigenvalue weighted by Gasteiger charge is 2.38. The molecule has 0 spiro atoms. The van der Waals surface area contributed by atoms with Crippen LogP contribution in [0.5, 0.6) is 5.75 Å². The van der Waals surface area contributed by atoms with Gasteiger partial charge < -0.3 is 15.4 Å². The van der Waals surface area contributed by atoms with E-state index in [0.29, 0.717) is 17.5 Å². The van der Waals surface area contributed by atoms with E-state index in [1.54, 1.807) is 12.1 Å². The molecule has 3 rings (SSSR count). The monoisotopic (exact) mass is 274 g/mol. The van der Waals surface area contributed by atoms with E-state index in [1.165, 1.54) is 19.3 Å². The minimum atomic E-state index is 0.0947. The molecular formula is C16H22N2O2. The second kappa shape index (κ2) is 5.73. The van der Waals surface area contributed by atoms with Crippen LogP contribution in [0.2, 0.25) is 0 Å². The van der Waals surface area contributed by atoms with Gasteiger partial charge in [-0.25, -0.2) is 0 Å². The SMILES string of the molecule is Nc1ccccc1OCC(=O)N1CCC2CCCCC21. The van der Waals surface area contributed by atoms with Gasteiger partial charge in [0.1, 0.15) is 5.75 Å². The molecule has 2 N–H and O–H groups in total. The van der Waals surface area contributed by atoms with Crippen molar-refractivity contribution in [2.75, 3.05) is 18.9 Å². The number of nitrogen functional groups attached to an aromatic ring is 1. The molecule has 0 aromatic heterocycles. The fourth-order valence-electron chi connectivity index (χ4n) is 3.55. The standard InChI is InChI=1S/C16H22N2O2/c17-13-6-2-4-8-15(13)20-11-16(19)18-10-9-12-5-1-3-7-14(12)18/h2,4,6,8,12,14H,1,3,5,7,9-11,17H2. The Morgan fingerprint density at radius 3 is 2.90 bits per heavy atom.